The number of fused-ring (bicyclic) bond motifs is 1. The SMILES string of the molecule is COc1ccc2c(c1)c(CC(=O)NCCS(=O)(=O)[O-])c(C)n2C(=O)c1ccc(Cl)cc1.[Na+]. The molecule has 0 aliphatic heterocycles. The molecule has 0 aliphatic carbocycles. The molecular formula is C21H20ClN2NaO6S. The van der Waals surface area contributed by atoms with Crippen LogP contribution < -0.4 is 39.6 Å². The Morgan fingerprint density at radius 3 is 2.41 bits per heavy atom. The molecule has 164 valence electrons. The van der Waals surface area contributed by atoms with Crippen molar-refractivity contribution in [2.75, 3.05) is 19.4 Å². The molecule has 8 nitrogen and oxygen atoms in total. The number of carbonyl (C=O) groups excluding carboxylic acids is 2. The fourth-order valence-corrected chi connectivity index (χ4v) is 3.81. The molecular weight excluding hydrogens is 467 g/mol. The second kappa shape index (κ2) is 10.8. The topological polar surface area (TPSA) is 118 Å². The maximum Gasteiger partial charge on any atom is 1.00 e. The molecule has 1 N–H and O–H groups in total. The largest absolute Gasteiger partial charge is 1.00 e. The zero-order chi connectivity index (χ0) is 22.8. The quantitative estimate of drug-likeness (QED) is 0.356. The molecule has 0 unspecified atom stereocenters. The Bertz CT molecular complexity index is 1260. The van der Waals surface area contributed by atoms with E-state index in [9.17, 15) is 22.6 Å². The van der Waals surface area contributed by atoms with E-state index in [0.717, 1.165) is 0 Å². The van der Waals surface area contributed by atoms with Crippen molar-refractivity contribution in [3.05, 3.63) is 64.3 Å². The van der Waals surface area contributed by atoms with E-state index in [1.54, 1.807) is 49.4 Å². The second-order valence-corrected chi connectivity index (χ2v) is 8.84. The van der Waals surface area contributed by atoms with Gasteiger partial charge in [0.1, 0.15) is 5.75 Å². The van der Waals surface area contributed by atoms with Crippen molar-refractivity contribution < 1.29 is 56.9 Å². The standard InChI is InChI=1S/C21H21ClN2O6S.Na/c1-13-17(12-20(25)23-9-10-31(27,28)29)18-11-16(30-2)7-8-19(18)24(13)21(26)14-3-5-15(22)6-4-14;/h3-8,11H,9-10,12H2,1-2H3,(H,23,25)(H,27,28,29);/q;+1/p-1. The first-order valence-corrected chi connectivity index (χ1v) is 11.2. The predicted molar refractivity (Wildman–Crippen MR) is 116 cm³/mol. The normalized spacial score (nSPS) is 11.1. The Balaban J connectivity index is 0.00000363. The maximum atomic E-state index is 13.2. The fraction of sp³-hybridized carbons (Fsp3) is 0.238. The molecule has 0 atom stereocenters. The van der Waals surface area contributed by atoms with Gasteiger partial charge in [-0.15, -0.1) is 0 Å². The van der Waals surface area contributed by atoms with Crippen molar-refractivity contribution in [2.45, 2.75) is 13.3 Å². The summed E-state index contributed by atoms with van der Waals surface area (Å²) in [5, 5.41) is 3.59. The van der Waals surface area contributed by atoms with Crippen molar-refractivity contribution in [1.82, 2.24) is 9.88 Å². The summed E-state index contributed by atoms with van der Waals surface area (Å²) in [4.78, 5) is 25.6. The molecule has 2 aromatic carbocycles. The average molecular weight is 487 g/mol. The first kappa shape index (κ1) is 26.4. The van der Waals surface area contributed by atoms with Crippen LogP contribution in [0.15, 0.2) is 42.5 Å². The molecule has 0 spiro atoms. The van der Waals surface area contributed by atoms with E-state index in [4.69, 9.17) is 16.3 Å². The predicted octanol–water partition coefficient (Wildman–Crippen LogP) is -0.492. The van der Waals surface area contributed by atoms with Gasteiger partial charge in [-0.25, -0.2) is 8.42 Å². The number of nitrogens with zero attached hydrogens (tertiary/aromatic N) is 1. The van der Waals surface area contributed by atoms with Crippen LogP contribution in [-0.4, -0.2) is 48.8 Å². The van der Waals surface area contributed by atoms with Crippen LogP contribution in [0.3, 0.4) is 0 Å². The van der Waals surface area contributed by atoms with E-state index in [0.29, 0.717) is 38.5 Å². The Labute approximate surface area is 212 Å². The molecule has 0 bridgehead atoms. The van der Waals surface area contributed by atoms with Gasteiger partial charge in [-0.05, 0) is 55.0 Å². The van der Waals surface area contributed by atoms with Gasteiger partial charge in [0.05, 0.1) is 34.9 Å². The van der Waals surface area contributed by atoms with Gasteiger partial charge in [-0.1, -0.05) is 11.6 Å². The van der Waals surface area contributed by atoms with Gasteiger partial charge in [0, 0.05) is 28.2 Å². The molecule has 0 saturated carbocycles. The number of hydrogen-bond donors (Lipinski definition) is 1. The molecule has 3 aromatic rings. The number of hydrogen-bond acceptors (Lipinski definition) is 6. The molecule has 0 aliphatic rings. The fourth-order valence-electron chi connectivity index (χ4n) is 3.33. The van der Waals surface area contributed by atoms with Gasteiger partial charge in [-0.2, -0.15) is 0 Å². The summed E-state index contributed by atoms with van der Waals surface area (Å²) in [7, 11) is -2.91. The van der Waals surface area contributed by atoms with Gasteiger partial charge in [0.2, 0.25) is 5.91 Å². The van der Waals surface area contributed by atoms with Crippen molar-refractivity contribution in [3.8, 4) is 5.75 Å². The Morgan fingerprint density at radius 2 is 1.81 bits per heavy atom. The molecule has 0 saturated heterocycles. The number of aromatic nitrogens is 1. The van der Waals surface area contributed by atoms with E-state index in [1.165, 1.54) is 11.7 Å². The minimum absolute atomic E-state index is 0. The van der Waals surface area contributed by atoms with Gasteiger partial charge < -0.3 is 14.6 Å². The minimum Gasteiger partial charge on any atom is -0.748 e. The number of halogens is 1. The molecule has 0 fully saturated rings. The van der Waals surface area contributed by atoms with Crippen LogP contribution in [0.2, 0.25) is 5.02 Å². The van der Waals surface area contributed by atoms with E-state index < -0.39 is 21.8 Å². The zero-order valence-electron chi connectivity index (χ0n) is 17.8. The average Bonchev–Trinajstić information content (AvgIpc) is 2.98. The van der Waals surface area contributed by atoms with Gasteiger partial charge >= 0.3 is 29.6 Å². The number of ether oxygens (including phenoxy) is 1. The molecule has 1 amide bonds. The van der Waals surface area contributed by atoms with Gasteiger partial charge in [0.25, 0.3) is 5.91 Å². The Hall–Kier alpha value is -1.88. The van der Waals surface area contributed by atoms with Crippen molar-refractivity contribution in [3.63, 3.8) is 0 Å². The molecule has 11 heteroatoms. The van der Waals surface area contributed by atoms with E-state index in [1.807, 2.05) is 0 Å². The molecule has 32 heavy (non-hydrogen) atoms. The second-order valence-electron chi connectivity index (χ2n) is 6.88. The van der Waals surface area contributed by atoms with Crippen LogP contribution in [0.25, 0.3) is 10.9 Å². The van der Waals surface area contributed by atoms with Crippen LogP contribution in [0, 0.1) is 6.92 Å². The summed E-state index contributed by atoms with van der Waals surface area (Å²) < 4.78 is 39.0. The Kier molecular flexibility index (Phi) is 8.92. The molecule has 1 heterocycles. The number of amides is 1. The van der Waals surface area contributed by atoms with Gasteiger partial charge in [-0.3, -0.25) is 14.2 Å². The van der Waals surface area contributed by atoms with Crippen molar-refractivity contribution >= 4 is 44.4 Å². The van der Waals surface area contributed by atoms with Crippen LogP contribution in [-0.2, 0) is 21.3 Å². The van der Waals surface area contributed by atoms with Crippen molar-refractivity contribution in [2.24, 2.45) is 0 Å². The van der Waals surface area contributed by atoms with Crippen LogP contribution in [0.4, 0.5) is 0 Å². The van der Waals surface area contributed by atoms with Gasteiger partial charge in [0.15, 0.2) is 0 Å². The number of benzene rings is 2. The van der Waals surface area contributed by atoms with Crippen molar-refractivity contribution in [1.29, 1.82) is 0 Å². The zero-order valence-corrected chi connectivity index (χ0v) is 21.4. The summed E-state index contributed by atoms with van der Waals surface area (Å²) in [6.07, 6.45) is -0.102. The maximum absolute atomic E-state index is 13.2. The molecule has 1 aromatic heterocycles. The summed E-state index contributed by atoms with van der Waals surface area (Å²) in [6.45, 7) is 1.44. The minimum atomic E-state index is -4.42. The monoisotopic (exact) mass is 486 g/mol. The van der Waals surface area contributed by atoms with Crippen LogP contribution in [0.1, 0.15) is 21.6 Å². The molecule has 3 rings (SSSR count). The summed E-state index contributed by atoms with van der Waals surface area (Å²) in [6, 6.07) is 11.7. The summed E-state index contributed by atoms with van der Waals surface area (Å²) in [5.41, 5.74) is 2.19. The molecule has 0 radical (unpaired) electrons. The number of methoxy groups -OCH3 is 1. The van der Waals surface area contributed by atoms with Crippen LogP contribution >= 0.6 is 11.6 Å². The van der Waals surface area contributed by atoms with E-state index >= 15 is 0 Å². The first-order valence-electron chi connectivity index (χ1n) is 9.29. The third kappa shape index (κ3) is 6.12. The number of nitrogens with one attached hydrogen (secondary N) is 1. The number of carbonyl (C=O) groups is 2. The number of rotatable bonds is 7. The van der Waals surface area contributed by atoms with Crippen LogP contribution in [0.5, 0.6) is 5.75 Å². The van der Waals surface area contributed by atoms with E-state index in [-0.39, 0.29) is 48.4 Å². The third-order valence-corrected chi connectivity index (χ3v) is 5.80. The Morgan fingerprint density at radius 1 is 1.16 bits per heavy atom. The third-order valence-electron chi connectivity index (χ3n) is 4.85. The summed E-state index contributed by atoms with van der Waals surface area (Å²) in [5.74, 6) is -0.883. The first-order chi connectivity index (χ1) is 14.6. The smallest absolute Gasteiger partial charge is 0.748 e. The van der Waals surface area contributed by atoms with E-state index in [2.05, 4.69) is 5.32 Å². The summed E-state index contributed by atoms with van der Waals surface area (Å²) >= 11 is 5.92.